The van der Waals surface area contributed by atoms with Crippen LogP contribution in [0.25, 0.3) is 0 Å². The molecule has 2 N–H and O–H groups in total. The Labute approximate surface area is 139 Å². The van der Waals surface area contributed by atoms with Crippen molar-refractivity contribution < 1.29 is 14.6 Å². The molecule has 22 heavy (non-hydrogen) atoms. The van der Waals surface area contributed by atoms with Crippen molar-refractivity contribution in [3.05, 3.63) is 22.3 Å². The molecule has 0 spiro atoms. The van der Waals surface area contributed by atoms with E-state index in [1.165, 1.54) is 0 Å². The van der Waals surface area contributed by atoms with Crippen LogP contribution >= 0.6 is 15.9 Å². The van der Waals surface area contributed by atoms with Gasteiger partial charge in [-0.05, 0) is 36.0 Å². The van der Waals surface area contributed by atoms with E-state index < -0.39 is 0 Å². The average molecular weight is 372 g/mol. The number of carbonyl (C=O) groups excluding carboxylic acids is 1. The van der Waals surface area contributed by atoms with Crippen LogP contribution in [-0.2, 0) is 0 Å². The highest BCUT2D eigenvalue weighted by Gasteiger charge is 2.33. The highest BCUT2D eigenvalue weighted by atomic mass is 79.9. The van der Waals surface area contributed by atoms with Crippen LogP contribution in [0.2, 0.25) is 0 Å². The van der Waals surface area contributed by atoms with Crippen molar-refractivity contribution in [2.75, 3.05) is 26.7 Å². The molecule has 1 aromatic heterocycles. The molecule has 0 bridgehead atoms. The first-order valence-corrected chi connectivity index (χ1v) is 8.15. The second-order valence-electron chi connectivity index (χ2n) is 5.69. The normalized spacial score (nSPS) is 23.3. The Bertz CT molecular complexity index is 541. The van der Waals surface area contributed by atoms with Crippen molar-refractivity contribution in [3.8, 4) is 5.88 Å². The standard InChI is InChI=1S/C15H22BrN3O3/c1-9-7-19(10(2)8-20)15(21)12-4-11(16)5-18-14(12)22-13(9)6-17-3/h4-5,9-10,13,17,20H,6-8H2,1-3H3/t9-,10+,13-/m1/s1. The van der Waals surface area contributed by atoms with Crippen LogP contribution in [0.1, 0.15) is 24.2 Å². The second-order valence-corrected chi connectivity index (χ2v) is 6.60. The molecule has 2 heterocycles. The number of fused-ring (bicyclic) bond motifs is 1. The summed E-state index contributed by atoms with van der Waals surface area (Å²) < 4.78 is 6.69. The third kappa shape index (κ3) is 3.59. The van der Waals surface area contributed by atoms with E-state index in [2.05, 4.69) is 26.2 Å². The molecule has 1 aromatic rings. The first-order chi connectivity index (χ1) is 10.5. The monoisotopic (exact) mass is 371 g/mol. The molecule has 0 saturated heterocycles. The van der Waals surface area contributed by atoms with Gasteiger partial charge in [-0.25, -0.2) is 4.98 Å². The van der Waals surface area contributed by atoms with E-state index in [9.17, 15) is 9.90 Å². The lowest BCUT2D eigenvalue weighted by Crippen LogP contribution is -2.49. The molecule has 0 fully saturated rings. The topological polar surface area (TPSA) is 74.7 Å². The van der Waals surface area contributed by atoms with Crippen LogP contribution in [0, 0.1) is 5.92 Å². The Morgan fingerprint density at radius 1 is 1.64 bits per heavy atom. The summed E-state index contributed by atoms with van der Waals surface area (Å²) in [5.41, 5.74) is 0.419. The van der Waals surface area contributed by atoms with Gasteiger partial charge in [-0.2, -0.15) is 0 Å². The minimum absolute atomic E-state index is 0.0766. The maximum atomic E-state index is 12.8. The predicted octanol–water partition coefficient (Wildman–Crippen LogP) is 1.28. The summed E-state index contributed by atoms with van der Waals surface area (Å²) in [5.74, 6) is 0.291. The molecule has 1 aliphatic heterocycles. The zero-order valence-corrected chi connectivity index (χ0v) is 14.6. The molecule has 122 valence electrons. The van der Waals surface area contributed by atoms with Gasteiger partial charge in [-0.15, -0.1) is 0 Å². The second kappa shape index (κ2) is 7.39. The lowest BCUT2D eigenvalue weighted by Gasteiger charge is -2.36. The molecule has 2 rings (SSSR count). The van der Waals surface area contributed by atoms with Crippen molar-refractivity contribution in [2.24, 2.45) is 5.92 Å². The molecule has 3 atom stereocenters. The van der Waals surface area contributed by atoms with Gasteiger partial charge < -0.3 is 20.1 Å². The summed E-state index contributed by atoms with van der Waals surface area (Å²) in [6, 6.07) is 1.46. The number of aromatic nitrogens is 1. The third-order valence-electron chi connectivity index (χ3n) is 3.89. The number of halogens is 1. The van der Waals surface area contributed by atoms with E-state index in [1.54, 1.807) is 17.2 Å². The fourth-order valence-corrected chi connectivity index (χ4v) is 2.85. The van der Waals surface area contributed by atoms with E-state index in [0.717, 1.165) is 4.47 Å². The van der Waals surface area contributed by atoms with Gasteiger partial charge in [-0.1, -0.05) is 6.92 Å². The molecule has 1 amide bonds. The minimum atomic E-state index is -0.255. The van der Waals surface area contributed by atoms with Gasteiger partial charge in [0.15, 0.2) is 0 Å². The Hall–Kier alpha value is -1.18. The molecule has 0 aromatic carbocycles. The van der Waals surface area contributed by atoms with Gasteiger partial charge >= 0.3 is 0 Å². The molecule has 0 saturated carbocycles. The number of amides is 1. The van der Waals surface area contributed by atoms with Gasteiger partial charge in [0.1, 0.15) is 11.7 Å². The quantitative estimate of drug-likeness (QED) is 0.833. The van der Waals surface area contributed by atoms with Crippen molar-refractivity contribution in [1.82, 2.24) is 15.2 Å². The summed E-state index contributed by atoms with van der Waals surface area (Å²) in [6.07, 6.45) is 1.52. The van der Waals surface area contributed by atoms with E-state index in [1.807, 2.05) is 20.9 Å². The Kier molecular flexibility index (Phi) is 5.77. The van der Waals surface area contributed by atoms with Gasteiger partial charge in [0.05, 0.1) is 12.6 Å². The predicted molar refractivity (Wildman–Crippen MR) is 87.0 cm³/mol. The van der Waals surface area contributed by atoms with Gasteiger partial charge in [-0.3, -0.25) is 4.79 Å². The van der Waals surface area contributed by atoms with Gasteiger partial charge in [0, 0.05) is 29.7 Å². The Morgan fingerprint density at radius 2 is 2.36 bits per heavy atom. The molecule has 0 radical (unpaired) electrons. The summed E-state index contributed by atoms with van der Waals surface area (Å²) >= 11 is 3.34. The Balaban J connectivity index is 2.45. The van der Waals surface area contributed by atoms with Crippen LogP contribution in [0.4, 0.5) is 0 Å². The minimum Gasteiger partial charge on any atom is -0.472 e. The van der Waals surface area contributed by atoms with Crippen LogP contribution in [0.3, 0.4) is 0 Å². The smallest absolute Gasteiger partial charge is 0.259 e. The van der Waals surface area contributed by atoms with E-state index >= 15 is 0 Å². The summed E-state index contributed by atoms with van der Waals surface area (Å²) in [5, 5.41) is 12.6. The SMILES string of the molecule is CNC[C@H]1Oc2ncc(Br)cc2C(=O)N([C@@H](C)CO)C[C@H]1C. The molecular formula is C15H22BrN3O3. The van der Waals surface area contributed by atoms with Gasteiger partial charge in [0.2, 0.25) is 5.88 Å². The first kappa shape index (κ1) is 17.2. The fourth-order valence-electron chi connectivity index (χ4n) is 2.52. The molecule has 1 aliphatic rings. The molecule has 0 unspecified atom stereocenters. The zero-order valence-electron chi connectivity index (χ0n) is 13.0. The number of nitrogens with one attached hydrogen (secondary N) is 1. The number of hydrogen-bond donors (Lipinski definition) is 2. The first-order valence-electron chi connectivity index (χ1n) is 7.36. The summed E-state index contributed by atoms with van der Waals surface area (Å²) in [7, 11) is 1.87. The van der Waals surface area contributed by atoms with Gasteiger partial charge in [0.25, 0.3) is 5.91 Å². The van der Waals surface area contributed by atoms with Crippen molar-refractivity contribution in [1.29, 1.82) is 0 Å². The molecule has 7 heteroatoms. The summed E-state index contributed by atoms with van der Waals surface area (Å²) in [6.45, 7) is 4.99. The number of ether oxygens (including phenoxy) is 1. The third-order valence-corrected chi connectivity index (χ3v) is 4.33. The number of nitrogens with zero attached hydrogens (tertiary/aromatic N) is 2. The van der Waals surface area contributed by atoms with Crippen LogP contribution < -0.4 is 10.1 Å². The molecule has 0 aliphatic carbocycles. The maximum absolute atomic E-state index is 12.8. The van der Waals surface area contributed by atoms with E-state index in [4.69, 9.17) is 4.74 Å². The number of carbonyl (C=O) groups is 1. The highest BCUT2D eigenvalue weighted by Crippen LogP contribution is 2.28. The Morgan fingerprint density at radius 3 is 3.00 bits per heavy atom. The van der Waals surface area contributed by atoms with Crippen LogP contribution in [-0.4, -0.2) is 59.8 Å². The molecule has 6 nitrogen and oxygen atoms in total. The maximum Gasteiger partial charge on any atom is 0.259 e. The van der Waals surface area contributed by atoms with E-state index in [0.29, 0.717) is 24.5 Å². The number of aliphatic hydroxyl groups is 1. The van der Waals surface area contributed by atoms with Crippen LogP contribution in [0.5, 0.6) is 5.88 Å². The fraction of sp³-hybridized carbons (Fsp3) is 0.600. The molecular weight excluding hydrogens is 350 g/mol. The number of rotatable bonds is 4. The highest BCUT2D eigenvalue weighted by molar-refractivity contribution is 9.10. The summed E-state index contributed by atoms with van der Waals surface area (Å²) in [4.78, 5) is 18.8. The van der Waals surface area contributed by atoms with Crippen molar-refractivity contribution in [3.63, 3.8) is 0 Å². The van der Waals surface area contributed by atoms with Crippen LogP contribution in [0.15, 0.2) is 16.7 Å². The van der Waals surface area contributed by atoms with Crippen molar-refractivity contribution >= 4 is 21.8 Å². The number of hydrogen-bond acceptors (Lipinski definition) is 5. The number of likely N-dealkylation sites (N-methyl/N-ethyl adjacent to an activating group) is 1. The van der Waals surface area contributed by atoms with Crippen molar-refractivity contribution in [2.45, 2.75) is 26.0 Å². The lowest BCUT2D eigenvalue weighted by atomic mass is 10.0. The average Bonchev–Trinajstić information content (AvgIpc) is 2.51. The number of aliphatic hydroxyl groups excluding tert-OH is 1. The largest absolute Gasteiger partial charge is 0.472 e. The number of pyridine rings is 1. The zero-order chi connectivity index (χ0) is 16.3. The van der Waals surface area contributed by atoms with E-state index in [-0.39, 0.29) is 30.6 Å². The lowest BCUT2D eigenvalue weighted by molar-refractivity contribution is 0.0403.